The minimum Gasteiger partial charge on any atom is -0.612 e. The zero-order valence-corrected chi connectivity index (χ0v) is 17.0. The minimum absolute atomic E-state index is 0.0406. The number of hydrogen-bond donors (Lipinski definition) is 2. The van der Waals surface area contributed by atoms with Crippen molar-refractivity contribution >= 4 is 17.1 Å². The lowest BCUT2D eigenvalue weighted by molar-refractivity contribution is -0.123. The Morgan fingerprint density at radius 1 is 1.18 bits per heavy atom. The van der Waals surface area contributed by atoms with E-state index in [9.17, 15) is 14.5 Å². The molecule has 152 valence electrons. The number of aliphatic hydroxyl groups excluding tert-OH is 1. The van der Waals surface area contributed by atoms with Crippen molar-refractivity contribution in [2.45, 2.75) is 17.9 Å². The van der Waals surface area contributed by atoms with Crippen molar-refractivity contribution in [3.63, 3.8) is 0 Å². The summed E-state index contributed by atoms with van der Waals surface area (Å²) < 4.78 is 27.7. The molecule has 1 amide bonds. The Morgan fingerprint density at radius 3 is 2.61 bits per heavy atom. The van der Waals surface area contributed by atoms with Gasteiger partial charge in [0, 0.05) is 12.6 Å². The average molecular weight is 407 g/mol. The summed E-state index contributed by atoms with van der Waals surface area (Å²) in [4.78, 5) is 12.5. The van der Waals surface area contributed by atoms with Gasteiger partial charge in [0.15, 0.2) is 23.0 Å². The summed E-state index contributed by atoms with van der Waals surface area (Å²) in [7, 11) is 1.47. The molecule has 0 fully saturated rings. The van der Waals surface area contributed by atoms with Crippen molar-refractivity contribution in [1.29, 1.82) is 0 Å². The molecule has 2 aromatic carbocycles. The molecule has 0 saturated heterocycles. The van der Waals surface area contributed by atoms with Gasteiger partial charge in [-0.15, -0.1) is 0 Å². The number of amides is 1. The van der Waals surface area contributed by atoms with Gasteiger partial charge in [0.05, 0.1) is 7.11 Å². The molecular formula is C20H25NO6S. The third-order valence-electron chi connectivity index (χ3n) is 3.89. The van der Waals surface area contributed by atoms with Crippen LogP contribution >= 0.6 is 0 Å². The van der Waals surface area contributed by atoms with Crippen LogP contribution in [0.1, 0.15) is 5.56 Å². The van der Waals surface area contributed by atoms with Crippen molar-refractivity contribution in [3.8, 4) is 17.2 Å². The molecule has 7 nitrogen and oxygen atoms in total. The molecule has 0 saturated carbocycles. The van der Waals surface area contributed by atoms with E-state index in [0.717, 1.165) is 5.56 Å². The fourth-order valence-electron chi connectivity index (χ4n) is 2.34. The van der Waals surface area contributed by atoms with E-state index in [-0.39, 0.29) is 25.7 Å². The third kappa shape index (κ3) is 6.63. The molecule has 2 atom stereocenters. The summed E-state index contributed by atoms with van der Waals surface area (Å²) in [5.74, 6) is 1.07. The van der Waals surface area contributed by atoms with Gasteiger partial charge >= 0.3 is 0 Å². The largest absolute Gasteiger partial charge is 0.612 e. The molecule has 2 N–H and O–H groups in total. The fraction of sp³-hybridized carbons (Fsp3) is 0.350. The molecule has 0 aliphatic rings. The summed E-state index contributed by atoms with van der Waals surface area (Å²) in [5, 5.41) is 12.6. The highest BCUT2D eigenvalue weighted by Gasteiger charge is 2.13. The Balaban J connectivity index is 1.76. The van der Waals surface area contributed by atoms with E-state index in [1.807, 2.05) is 31.2 Å². The second-order valence-corrected chi connectivity index (χ2v) is 7.47. The van der Waals surface area contributed by atoms with Crippen LogP contribution in [-0.2, 0) is 16.0 Å². The molecular weight excluding hydrogens is 382 g/mol. The SMILES string of the molecule is COc1cc([S+](C)[O-])ccc1OCC(=O)NCC(O)COc1ccccc1C. The predicted molar refractivity (Wildman–Crippen MR) is 107 cm³/mol. The van der Waals surface area contributed by atoms with Crippen LogP contribution in [0.4, 0.5) is 0 Å². The number of aryl methyl sites for hydroxylation is 1. The van der Waals surface area contributed by atoms with E-state index in [1.54, 1.807) is 24.5 Å². The van der Waals surface area contributed by atoms with E-state index in [0.29, 0.717) is 22.1 Å². The molecule has 2 aromatic rings. The van der Waals surface area contributed by atoms with Crippen LogP contribution in [0, 0.1) is 6.92 Å². The number of rotatable bonds is 10. The fourth-order valence-corrected chi connectivity index (χ4v) is 2.87. The maximum absolute atomic E-state index is 11.9. The number of carbonyl (C=O) groups is 1. The lowest BCUT2D eigenvalue weighted by Crippen LogP contribution is -2.37. The van der Waals surface area contributed by atoms with Crippen LogP contribution in [0.3, 0.4) is 0 Å². The zero-order chi connectivity index (χ0) is 20.5. The van der Waals surface area contributed by atoms with E-state index in [4.69, 9.17) is 14.2 Å². The average Bonchev–Trinajstić information content (AvgIpc) is 2.69. The van der Waals surface area contributed by atoms with Crippen LogP contribution in [0.2, 0.25) is 0 Å². The summed E-state index contributed by atoms with van der Waals surface area (Å²) in [5.41, 5.74) is 0.971. The number of benzene rings is 2. The normalized spacial score (nSPS) is 12.8. The van der Waals surface area contributed by atoms with Gasteiger partial charge in [-0.3, -0.25) is 4.79 Å². The maximum atomic E-state index is 11.9. The Hall–Kier alpha value is -2.42. The third-order valence-corrected chi connectivity index (χ3v) is 4.80. The number of nitrogens with one attached hydrogen (secondary N) is 1. The maximum Gasteiger partial charge on any atom is 0.258 e. The molecule has 2 rings (SSSR count). The Morgan fingerprint density at radius 2 is 1.93 bits per heavy atom. The molecule has 0 aliphatic carbocycles. The van der Waals surface area contributed by atoms with Crippen LogP contribution in [0.25, 0.3) is 0 Å². The molecule has 28 heavy (non-hydrogen) atoms. The Bertz CT molecular complexity index is 783. The number of carbonyl (C=O) groups excluding carboxylic acids is 1. The summed E-state index contributed by atoms with van der Waals surface area (Å²) in [6.45, 7) is 1.78. The van der Waals surface area contributed by atoms with Gasteiger partial charge < -0.3 is 29.2 Å². The van der Waals surface area contributed by atoms with E-state index >= 15 is 0 Å². The van der Waals surface area contributed by atoms with Crippen molar-refractivity contribution in [3.05, 3.63) is 48.0 Å². The van der Waals surface area contributed by atoms with Crippen molar-refractivity contribution in [1.82, 2.24) is 5.32 Å². The molecule has 0 bridgehead atoms. The van der Waals surface area contributed by atoms with E-state index in [2.05, 4.69) is 5.32 Å². The number of aliphatic hydroxyl groups is 1. The summed E-state index contributed by atoms with van der Waals surface area (Å²) in [6, 6.07) is 12.4. The first kappa shape index (κ1) is 21.9. The standard InChI is InChI=1S/C20H25NO6S/c1-14-6-4-5-7-17(14)26-12-15(22)11-21-20(23)13-27-18-9-8-16(28(3)24)10-19(18)25-2/h4-10,15,22H,11-13H2,1-3H3,(H,21,23). The van der Waals surface area contributed by atoms with Gasteiger partial charge in [-0.1, -0.05) is 18.2 Å². The quantitative estimate of drug-likeness (QED) is 0.581. The number of hydrogen-bond acceptors (Lipinski definition) is 6. The van der Waals surface area contributed by atoms with Crippen LogP contribution < -0.4 is 19.5 Å². The first-order valence-corrected chi connectivity index (χ1v) is 10.2. The van der Waals surface area contributed by atoms with Gasteiger partial charge in [0.2, 0.25) is 0 Å². The van der Waals surface area contributed by atoms with Gasteiger partial charge in [0.1, 0.15) is 24.7 Å². The van der Waals surface area contributed by atoms with Crippen molar-refractivity contribution < 1.29 is 28.7 Å². The second kappa shape index (κ2) is 10.8. The molecule has 0 spiro atoms. The Kier molecular flexibility index (Phi) is 8.43. The number of para-hydroxylation sites is 1. The topological polar surface area (TPSA) is 100 Å². The first-order valence-electron chi connectivity index (χ1n) is 8.68. The Labute approximate surface area is 167 Å². The van der Waals surface area contributed by atoms with Crippen molar-refractivity contribution in [2.24, 2.45) is 0 Å². The molecule has 0 heterocycles. The summed E-state index contributed by atoms with van der Waals surface area (Å²) >= 11 is -1.14. The van der Waals surface area contributed by atoms with Gasteiger partial charge in [0.25, 0.3) is 5.91 Å². The zero-order valence-electron chi connectivity index (χ0n) is 16.1. The van der Waals surface area contributed by atoms with Crippen LogP contribution in [-0.4, -0.2) is 54.8 Å². The molecule has 8 heteroatoms. The molecule has 0 aliphatic heterocycles. The number of methoxy groups -OCH3 is 1. The van der Waals surface area contributed by atoms with Crippen molar-refractivity contribution in [2.75, 3.05) is 33.1 Å². The van der Waals surface area contributed by atoms with Gasteiger partial charge in [-0.05, 0) is 41.9 Å². The van der Waals surface area contributed by atoms with E-state index in [1.165, 1.54) is 7.11 Å². The highest BCUT2D eigenvalue weighted by atomic mass is 32.2. The lowest BCUT2D eigenvalue weighted by Gasteiger charge is -2.15. The van der Waals surface area contributed by atoms with Crippen LogP contribution in [0.15, 0.2) is 47.4 Å². The molecule has 0 aromatic heterocycles. The molecule has 0 radical (unpaired) electrons. The monoisotopic (exact) mass is 407 g/mol. The first-order chi connectivity index (χ1) is 13.4. The van der Waals surface area contributed by atoms with E-state index < -0.39 is 17.3 Å². The summed E-state index contributed by atoms with van der Waals surface area (Å²) in [6.07, 6.45) is 0.716. The highest BCUT2D eigenvalue weighted by Crippen LogP contribution is 2.29. The van der Waals surface area contributed by atoms with Crippen LogP contribution in [0.5, 0.6) is 17.2 Å². The second-order valence-electron chi connectivity index (χ2n) is 6.09. The molecule has 2 unspecified atom stereocenters. The number of ether oxygens (including phenoxy) is 3. The highest BCUT2D eigenvalue weighted by molar-refractivity contribution is 7.90. The minimum atomic E-state index is -1.14. The lowest BCUT2D eigenvalue weighted by atomic mass is 10.2. The van der Waals surface area contributed by atoms with Gasteiger partial charge in [-0.2, -0.15) is 0 Å². The smallest absolute Gasteiger partial charge is 0.258 e. The van der Waals surface area contributed by atoms with Gasteiger partial charge in [-0.25, -0.2) is 0 Å². The predicted octanol–water partition coefficient (Wildman–Crippen LogP) is 1.68.